The fourth-order valence-corrected chi connectivity index (χ4v) is 1.38. The van der Waals surface area contributed by atoms with Gasteiger partial charge >= 0.3 is 18.0 Å². The Balaban J connectivity index is 3.14. The van der Waals surface area contributed by atoms with Crippen molar-refractivity contribution in [1.29, 1.82) is 0 Å². The first kappa shape index (κ1) is 18.3. The average molecular weight is 351 g/mol. The summed E-state index contributed by atoms with van der Waals surface area (Å²) in [7, 11) is 0. The minimum atomic E-state index is -6.63. The van der Waals surface area contributed by atoms with Gasteiger partial charge in [-0.3, -0.25) is 4.79 Å². The largest absolute Gasteiger partial charge is 0.507 e. The summed E-state index contributed by atoms with van der Waals surface area (Å²) in [4.78, 5) is 11.0. The number of carbonyl (C=O) groups excluding carboxylic acids is 1. The molecule has 0 heterocycles. The zero-order chi connectivity index (χ0) is 17.3. The predicted molar refractivity (Wildman–Crippen MR) is 63.0 cm³/mol. The molecule has 22 heavy (non-hydrogen) atoms. The maximum absolute atomic E-state index is 13.0. The van der Waals surface area contributed by atoms with Crippen LogP contribution in [0.15, 0.2) is 30.3 Å². The zero-order valence-electron chi connectivity index (χ0n) is 10.3. The topological polar surface area (TPSA) is 37.3 Å². The highest BCUT2D eigenvalue weighted by Crippen LogP contribution is 2.47. The Bertz CT molecular complexity index is 590. The second-order valence-electron chi connectivity index (χ2n) is 4.05. The van der Waals surface area contributed by atoms with Crippen molar-refractivity contribution in [2.45, 2.75) is 18.0 Å². The van der Waals surface area contributed by atoms with E-state index in [1.54, 1.807) is 0 Å². The average Bonchev–Trinajstić information content (AvgIpc) is 2.37. The summed E-state index contributed by atoms with van der Waals surface area (Å²) in [6.45, 7) is 0. The second-order valence-corrected chi connectivity index (χ2v) is 4.48. The van der Waals surface area contributed by atoms with Crippen LogP contribution in [0.25, 0.3) is 5.76 Å². The third-order valence-electron chi connectivity index (χ3n) is 2.47. The molecule has 0 spiro atoms. The summed E-state index contributed by atoms with van der Waals surface area (Å²) < 4.78 is 87.1. The van der Waals surface area contributed by atoms with Gasteiger partial charge in [0.15, 0.2) is 0 Å². The SMILES string of the molecule is O=C(/C=C(\O)c1ccc(Cl)cc1)C(F)(F)C(F)(F)C(F)(F)F. The molecule has 1 N–H and O–H groups in total. The van der Waals surface area contributed by atoms with Crippen molar-refractivity contribution in [3.8, 4) is 0 Å². The van der Waals surface area contributed by atoms with Crippen LogP contribution in [-0.2, 0) is 4.79 Å². The highest BCUT2D eigenvalue weighted by atomic mass is 35.5. The molecule has 0 aliphatic rings. The molecule has 0 unspecified atom stereocenters. The van der Waals surface area contributed by atoms with Gasteiger partial charge in [-0.2, -0.15) is 30.7 Å². The Morgan fingerprint density at radius 2 is 1.45 bits per heavy atom. The van der Waals surface area contributed by atoms with Gasteiger partial charge in [0.1, 0.15) is 5.76 Å². The molecule has 10 heteroatoms. The van der Waals surface area contributed by atoms with E-state index in [9.17, 15) is 40.6 Å². The van der Waals surface area contributed by atoms with E-state index in [1.807, 2.05) is 0 Å². The first-order valence-corrected chi connectivity index (χ1v) is 5.72. The van der Waals surface area contributed by atoms with E-state index >= 15 is 0 Å². The normalized spacial score (nSPS) is 14.1. The summed E-state index contributed by atoms with van der Waals surface area (Å²) in [5, 5.41) is 9.53. The van der Waals surface area contributed by atoms with E-state index in [1.165, 1.54) is 12.1 Å². The van der Waals surface area contributed by atoms with Crippen molar-refractivity contribution in [2.24, 2.45) is 0 Å². The Morgan fingerprint density at radius 3 is 1.86 bits per heavy atom. The summed E-state index contributed by atoms with van der Waals surface area (Å²) in [5.41, 5.74) is -0.274. The third-order valence-corrected chi connectivity index (χ3v) is 2.72. The molecule has 0 saturated heterocycles. The number of rotatable bonds is 4. The van der Waals surface area contributed by atoms with Crippen molar-refractivity contribution in [2.75, 3.05) is 0 Å². The molecule has 0 atom stereocenters. The van der Waals surface area contributed by atoms with Gasteiger partial charge in [0.05, 0.1) is 0 Å². The molecule has 1 aromatic rings. The fraction of sp³-hybridized carbons (Fsp3) is 0.250. The number of allylic oxidation sites excluding steroid dienone is 1. The Labute approximate surface area is 123 Å². The first-order chi connectivity index (χ1) is 9.80. The molecule has 122 valence electrons. The quantitative estimate of drug-likeness (QED) is 0.488. The maximum Gasteiger partial charge on any atom is 0.460 e. The van der Waals surface area contributed by atoms with Crippen LogP contribution < -0.4 is 0 Å². The predicted octanol–water partition coefficient (Wildman–Crippen LogP) is 4.64. The van der Waals surface area contributed by atoms with Crippen LogP contribution in [0.2, 0.25) is 5.02 Å². The number of ketones is 1. The summed E-state index contributed by atoms with van der Waals surface area (Å²) >= 11 is 5.49. The molecule has 0 fully saturated rings. The fourth-order valence-electron chi connectivity index (χ4n) is 1.25. The lowest BCUT2D eigenvalue weighted by Crippen LogP contribution is -2.55. The van der Waals surface area contributed by atoms with E-state index in [2.05, 4.69) is 0 Å². The molecular weight excluding hydrogens is 345 g/mol. The van der Waals surface area contributed by atoms with Crippen LogP contribution in [0, 0.1) is 0 Å². The van der Waals surface area contributed by atoms with Crippen molar-refractivity contribution >= 4 is 23.1 Å². The van der Waals surface area contributed by atoms with Gasteiger partial charge in [-0.05, 0) is 24.3 Å². The standard InChI is InChI=1S/C12H6ClF7O2/c13-7-3-1-6(2-4-7)8(21)5-9(22)10(14,15)11(16,17)12(18,19)20/h1-5,21H/b8-5-. The molecule has 0 aliphatic carbocycles. The number of aliphatic hydroxyl groups excluding tert-OH is 1. The summed E-state index contributed by atoms with van der Waals surface area (Å²) in [5.74, 6) is -16.7. The van der Waals surface area contributed by atoms with Gasteiger partial charge in [-0.25, -0.2) is 0 Å². The smallest absolute Gasteiger partial charge is 0.460 e. The number of aliphatic hydroxyl groups is 1. The van der Waals surface area contributed by atoms with Gasteiger partial charge in [0.2, 0.25) is 5.78 Å². The van der Waals surface area contributed by atoms with Crippen LogP contribution in [0.1, 0.15) is 5.56 Å². The van der Waals surface area contributed by atoms with Gasteiger partial charge in [0, 0.05) is 16.7 Å². The maximum atomic E-state index is 13.0. The van der Waals surface area contributed by atoms with Gasteiger partial charge in [0.25, 0.3) is 0 Å². The van der Waals surface area contributed by atoms with Crippen molar-refractivity contribution < 1.29 is 40.6 Å². The van der Waals surface area contributed by atoms with Gasteiger partial charge in [-0.1, -0.05) is 11.6 Å². The number of halogens is 8. The van der Waals surface area contributed by atoms with Crippen LogP contribution >= 0.6 is 11.6 Å². The molecule has 0 radical (unpaired) electrons. The van der Waals surface area contributed by atoms with Crippen LogP contribution in [0.5, 0.6) is 0 Å². The van der Waals surface area contributed by atoms with E-state index in [-0.39, 0.29) is 10.6 Å². The van der Waals surface area contributed by atoms with E-state index in [0.29, 0.717) is 0 Å². The summed E-state index contributed by atoms with van der Waals surface area (Å²) in [6, 6.07) is 4.44. The highest BCUT2D eigenvalue weighted by Gasteiger charge is 2.75. The van der Waals surface area contributed by atoms with Crippen LogP contribution in [0.3, 0.4) is 0 Å². The Kier molecular flexibility index (Phi) is 4.81. The molecule has 1 aromatic carbocycles. The number of benzene rings is 1. The first-order valence-electron chi connectivity index (χ1n) is 5.34. The molecule has 0 aromatic heterocycles. The Hall–Kier alpha value is -1.77. The second kappa shape index (κ2) is 5.79. The minimum absolute atomic E-state index is 0.178. The molecule has 0 saturated carbocycles. The van der Waals surface area contributed by atoms with Crippen molar-refractivity contribution in [3.63, 3.8) is 0 Å². The molecular formula is C12H6ClF7O2. The lowest BCUT2D eigenvalue weighted by Gasteiger charge is -2.26. The minimum Gasteiger partial charge on any atom is -0.507 e. The lowest BCUT2D eigenvalue weighted by atomic mass is 10.0. The highest BCUT2D eigenvalue weighted by molar-refractivity contribution is 6.30. The van der Waals surface area contributed by atoms with Gasteiger partial charge in [-0.15, -0.1) is 0 Å². The molecule has 2 nitrogen and oxygen atoms in total. The van der Waals surface area contributed by atoms with E-state index in [4.69, 9.17) is 11.6 Å². The number of alkyl halides is 7. The molecule has 0 aliphatic heterocycles. The van der Waals surface area contributed by atoms with Crippen LogP contribution in [-0.4, -0.2) is 28.9 Å². The van der Waals surface area contributed by atoms with Gasteiger partial charge < -0.3 is 5.11 Å². The number of carbonyl (C=O) groups is 1. The van der Waals surface area contributed by atoms with E-state index in [0.717, 1.165) is 12.1 Å². The molecule has 0 amide bonds. The molecule has 0 bridgehead atoms. The van der Waals surface area contributed by atoms with E-state index < -0.39 is 35.6 Å². The van der Waals surface area contributed by atoms with Crippen molar-refractivity contribution in [3.05, 3.63) is 40.9 Å². The monoisotopic (exact) mass is 350 g/mol. The van der Waals surface area contributed by atoms with Crippen molar-refractivity contribution in [1.82, 2.24) is 0 Å². The summed E-state index contributed by atoms with van der Waals surface area (Å²) in [6.07, 6.45) is -7.03. The lowest BCUT2D eigenvalue weighted by molar-refractivity contribution is -0.342. The number of hydrogen-bond acceptors (Lipinski definition) is 2. The molecule has 1 rings (SSSR count). The Morgan fingerprint density at radius 1 is 1.00 bits per heavy atom. The zero-order valence-corrected chi connectivity index (χ0v) is 11.0. The van der Waals surface area contributed by atoms with Crippen LogP contribution in [0.4, 0.5) is 30.7 Å². The number of hydrogen-bond donors (Lipinski definition) is 1. The third kappa shape index (κ3) is 3.34.